The highest BCUT2D eigenvalue weighted by Crippen LogP contribution is 2.27. The molecule has 0 radical (unpaired) electrons. The number of carbonyl (C=O) groups is 1. The minimum atomic E-state index is 0.133. The van der Waals surface area contributed by atoms with Crippen LogP contribution in [0.5, 0.6) is 11.5 Å². The number of likely N-dealkylation sites (N-methyl/N-ethyl adjacent to an activating group) is 1. The molecule has 1 saturated heterocycles. The summed E-state index contributed by atoms with van der Waals surface area (Å²) in [6.45, 7) is 4.52. The van der Waals surface area contributed by atoms with Gasteiger partial charge in [-0.15, -0.1) is 0 Å². The van der Waals surface area contributed by atoms with E-state index in [2.05, 4.69) is 4.90 Å². The summed E-state index contributed by atoms with van der Waals surface area (Å²) >= 11 is 0. The maximum Gasteiger partial charge on any atom is 0.237 e. The van der Waals surface area contributed by atoms with Gasteiger partial charge >= 0.3 is 0 Å². The Balaban J connectivity index is 2.04. The van der Waals surface area contributed by atoms with Crippen LogP contribution < -0.4 is 4.74 Å². The highest BCUT2D eigenvalue weighted by atomic mass is 16.5. The number of phenols is 1. The number of rotatable bonds is 4. The van der Waals surface area contributed by atoms with Gasteiger partial charge in [-0.1, -0.05) is 6.07 Å². The van der Waals surface area contributed by atoms with Crippen molar-refractivity contribution >= 4 is 5.91 Å². The van der Waals surface area contributed by atoms with E-state index in [4.69, 9.17) is 4.74 Å². The van der Waals surface area contributed by atoms with Gasteiger partial charge in [0.05, 0.1) is 20.3 Å². The van der Waals surface area contributed by atoms with Gasteiger partial charge in [-0.3, -0.25) is 9.69 Å². The van der Waals surface area contributed by atoms with E-state index in [9.17, 15) is 9.90 Å². The molecular weight excluding hydrogens is 232 g/mol. The molecule has 0 saturated carbocycles. The fourth-order valence-corrected chi connectivity index (χ4v) is 2.12. The van der Waals surface area contributed by atoms with Gasteiger partial charge < -0.3 is 14.7 Å². The molecule has 0 aromatic heterocycles. The monoisotopic (exact) mass is 250 g/mol. The van der Waals surface area contributed by atoms with Crippen LogP contribution in [-0.4, -0.2) is 47.7 Å². The van der Waals surface area contributed by atoms with Crippen molar-refractivity contribution in [2.45, 2.75) is 13.5 Å². The normalized spacial score (nSPS) is 16.3. The molecule has 0 aliphatic carbocycles. The third-order valence-corrected chi connectivity index (χ3v) is 3.11. The van der Waals surface area contributed by atoms with E-state index in [0.29, 0.717) is 25.5 Å². The number of ether oxygens (including phenoxy) is 1. The van der Waals surface area contributed by atoms with Crippen LogP contribution in [0.1, 0.15) is 12.5 Å². The molecule has 1 heterocycles. The molecule has 2 rings (SSSR count). The Labute approximate surface area is 107 Å². The number of nitrogens with zero attached hydrogens (tertiary/aromatic N) is 2. The van der Waals surface area contributed by atoms with E-state index in [1.54, 1.807) is 12.1 Å². The zero-order chi connectivity index (χ0) is 13.1. The molecule has 98 valence electrons. The molecule has 5 nitrogen and oxygen atoms in total. The molecule has 18 heavy (non-hydrogen) atoms. The predicted molar refractivity (Wildman–Crippen MR) is 67.3 cm³/mol. The van der Waals surface area contributed by atoms with E-state index in [0.717, 1.165) is 12.1 Å². The van der Waals surface area contributed by atoms with E-state index >= 15 is 0 Å². The quantitative estimate of drug-likeness (QED) is 0.867. The second-order valence-corrected chi connectivity index (χ2v) is 4.38. The lowest BCUT2D eigenvalue weighted by molar-refractivity contribution is -0.126. The van der Waals surface area contributed by atoms with Gasteiger partial charge in [-0.25, -0.2) is 0 Å². The first-order valence-corrected chi connectivity index (χ1v) is 6.00. The number of benzene rings is 1. The van der Waals surface area contributed by atoms with Crippen LogP contribution in [-0.2, 0) is 11.3 Å². The number of hydrogen-bond donors (Lipinski definition) is 1. The summed E-state index contributed by atoms with van der Waals surface area (Å²) in [5, 5.41) is 9.52. The molecule has 1 aromatic rings. The molecule has 1 aliphatic rings. The summed E-state index contributed by atoms with van der Waals surface area (Å²) in [5.41, 5.74) is 1.02. The van der Waals surface area contributed by atoms with Gasteiger partial charge in [0.15, 0.2) is 11.5 Å². The van der Waals surface area contributed by atoms with Crippen molar-refractivity contribution in [1.29, 1.82) is 0 Å². The lowest BCUT2D eigenvalue weighted by atomic mass is 10.2. The molecule has 1 N–H and O–H groups in total. The van der Waals surface area contributed by atoms with Crippen LogP contribution in [0, 0.1) is 0 Å². The number of aromatic hydroxyl groups is 1. The average Bonchev–Trinajstić information content (AvgIpc) is 2.72. The van der Waals surface area contributed by atoms with Crippen molar-refractivity contribution < 1.29 is 14.6 Å². The van der Waals surface area contributed by atoms with Crippen LogP contribution in [0.4, 0.5) is 0 Å². The maximum absolute atomic E-state index is 11.6. The number of amides is 1. The Kier molecular flexibility index (Phi) is 3.72. The molecule has 0 bridgehead atoms. The van der Waals surface area contributed by atoms with Crippen molar-refractivity contribution in [3.05, 3.63) is 23.8 Å². The van der Waals surface area contributed by atoms with Crippen molar-refractivity contribution in [2.24, 2.45) is 0 Å². The molecular formula is C13H18N2O3. The van der Waals surface area contributed by atoms with E-state index in [1.165, 1.54) is 7.11 Å². The fourth-order valence-electron chi connectivity index (χ4n) is 2.12. The molecule has 1 aliphatic heterocycles. The highest BCUT2D eigenvalue weighted by Gasteiger charge is 2.25. The standard InChI is InChI=1S/C13H18N2O3/c1-3-15-9-14(8-13(15)17)7-10-4-5-11(16)12(6-10)18-2/h4-6,16H,3,7-9H2,1-2H3. The SMILES string of the molecule is CCN1CN(Cc2ccc(O)c(OC)c2)CC1=O. The number of hydrogen-bond acceptors (Lipinski definition) is 4. The molecule has 0 atom stereocenters. The predicted octanol–water partition coefficient (Wildman–Crippen LogP) is 1.02. The van der Waals surface area contributed by atoms with Gasteiger partial charge in [-0.2, -0.15) is 0 Å². The molecule has 5 heteroatoms. The topological polar surface area (TPSA) is 53.0 Å². The second kappa shape index (κ2) is 5.27. The third-order valence-electron chi connectivity index (χ3n) is 3.11. The summed E-state index contributed by atoms with van der Waals surface area (Å²) in [5.74, 6) is 0.766. The summed E-state index contributed by atoms with van der Waals surface area (Å²) < 4.78 is 5.07. The zero-order valence-corrected chi connectivity index (χ0v) is 10.7. The Morgan fingerprint density at radius 2 is 2.22 bits per heavy atom. The van der Waals surface area contributed by atoms with E-state index < -0.39 is 0 Å². The number of carbonyl (C=O) groups excluding carboxylic acids is 1. The van der Waals surface area contributed by atoms with Gasteiger partial charge in [0.25, 0.3) is 0 Å². The number of methoxy groups -OCH3 is 1. The van der Waals surface area contributed by atoms with E-state index in [1.807, 2.05) is 17.9 Å². The van der Waals surface area contributed by atoms with Crippen molar-refractivity contribution in [2.75, 3.05) is 26.9 Å². The summed E-state index contributed by atoms with van der Waals surface area (Å²) in [6.07, 6.45) is 0. The fraction of sp³-hybridized carbons (Fsp3) is 0.462. The minimum Gasteiger partial charge on any atom is -0.504 e. The Hall–Kier alpha value is -1.75. The smallest absolute Gasteiger partial charge is 0.237 e. The first kappa shape index (κ1) is 12.7. The van der Waals surface area contributed by atoms with Crippen molar-refractivity contribution in [3.8, 4) is 11.5 Å². The first-order chi connectivity index (χ1) is 8.63. The van der Waals surface area contributed by atoms with Crippen molar-refractivity contribution in [1.82, 2.24) is 9.80 Å². The summed E-state index contributed by atoms with van der Waals surface area (Å²) in [6, 6.07) is 5.26. The minimum absolute atomic E-state index is 0.133. The summed E-state index contributed by atoms with van der Waals surface area (Å²) in [7, 11) is 1.52. The van der Waals surface area contributed by atoms with Gasteiger partial charge in [0, 0.05) is 13.1 Å². The second-order valence-electron chi connectivity index (χ2n) is 4.38. The van der Waals surface area contributed by atoms with Crippen LogP contribution in [0.25, 0.3) is 0 Å². The van der Waals surface area contributed by atoms with Crippen LogP contribution in [0.3, 0.4) is 0 Å². The first-order valence-electron chi connectivity index (χ1n) is 6.00. The Morgan fingerprint density at radius 3 is 2.83 bits per heavy atom. The Morgan fingerprint density at radius 1 is 1.44 bits per heavy atom. The van der Waals surface area contributed by atoms with Gasteiger partial charge in [-0.05, 0) is 24.6 Å². The molecule has 0 spiro atoms. The Bertz CT molecular complexity index is 448. The van der Waals surface area contributed by atoms with E-state index in [-0.39, 0.29) is 11.7 Å². The molecule has 1 amide bonds. The van der Waals surface area contributed by atoms with Crippen LogP contribution in [0.2, 0.25) is 0 Å². The van der Waals surface area contributed by atoms with Gasteiger partial charge in [0.1, 0.15) is 0 Å². The molecule has 0 unspecified atom stereocenters. The summed E-state index contributed by atoms with van der Waals surface area (Å²) in [4.78, 5) is 15.5. The zero-order valence-electron chi connectivity index (χ0n) is 10.7. The highest BCUT2D eigenvalue weighted by molar-refractivity contribution is 5.80. The lowest BCUT2D eigenvalue weighted by Gasteiger charge is -2.16. The maximum atomic E-state index is 11.6. The number of phenolic OH excluding ortho intramolecular Hbond substituents is 1. The molecule has 1 fully saturated rings. The van der Waals surface area contributed by atoms with Crippen LogP contribution >= 0.6 is 0 Å². The van der Waals surface area contributed by atoms with Crippen LogP contribution in [0.15, 0.2) is 18.2 Å². The van der Waals surface area contributed by atoms with Gasteiger partial charge in [0.2, 0.25) is 5.91 Å². The third kappa shape index (κ3) is 2.56. The largest absolute Gasteiger partial charge is 0.504 e. The average molecular weight is 250 g/mol. The van der Waals surface area contributed by atoms with Crippen molar-refractivity contribution in [3.63, 3.8) is 0 Å². The lowest BCUT2D eigenvalue weighted by Crippen LogP contribution is -2.26. The molecule has 1 aromatic carbocycles.